The Hall–Kier alpha value is -2.77. The number of alkyl carbamates (subject to hydrolysis) is 1. The van der Waals surface area contributed by atoms with E-state index in [-0.39, 0.29) is 32.5 Å². The van der Waals surface area contributed by atoms with Gasteiger partial charge in [0.1, 0.15) is 12.0 Å². The first-order valence-corrected chi connectivity index (χ1v) is 8.07. The molecule has 3 N–H and O–H groups in total. The number of amides is 2. The minimum atomic E-state index is -1.37. The highest BCUT2D eigenvalue weighted by atomic mass is 16.5. The SMILES string of the molecule is CC[C@]1(C(=O)O)CN(C(=O)O)CC[C@H]1NC(=O)OCc1ccccc1. The van der Waals surface area contributed by atoms with Crippen molar-refractivity contribution in [2.45, 2.75) is 32.4 Å². The molecule has 1 aromatic rings. The number of ether oxygens (including phenoxy) is 1. The van der Waals surface area contributed by atoms with Crippen LogP contribution in [-0.2, 0) is 16.1 Å². The number of carboxylic acid groups (broad SMARTS) is 2. The normalized spacial score (nSPS) is 22.9. The Morgan fingerprint density at radius 1 is 1.28 bits per heavy atom. The van der Waals surface area contributed by atoms with Gasteiger partial charge in [-0.2, -0.15) is 0 Å². The summed E-state index contributed by atoms with van der Waals surface area (Å²) in [5, 5.41) is 21.4. The zero-order valence-corrected chi connectivity index (χ0v) is 14.0. The van der Waals surface area contributed by atoms with E-state index < -0.39 is 29.6 Å². The molecule has 0 radical (unpaired) electrons. The number of likely N-dealkylation sites (tertiary alicyclic amines) is 1. The van der Waals surface area contributed by atoms with Crippen molar-refractivity contribution in [1.29, 1.82) is 0 Å². The minimum absolute atomic E-state index is 0.0762. The predicted octanol–water partition coefficient (Wildman–Crippen LogP) is 2.15. The molecule has 0 bridgehead atoms. The molecule has 2 atom stereocenters. The Labute approximate surface area is 145 Å². The van der Waals surface area contributed by atoms with E-state index in [2.05, 4.69) is 5.32 Å². The molecule has 2 rings (SSSR count). The largest absolute Gasteiger partial charge is 0.481 e. The lowest BCUT2D eigenvalue weighted by molar-refractivity contribution is -0.154. The van der Waals surface area contributed by atoms with Crippen LogP contribution in [0.2, 0.25) is 0 Å². The fraction of sp³-hybridized carbons (Fsp3) is 0.471. The number of aliphatic carboxylic acids is 1. The van der Waals surface area contributed by atoms with Crippen LogP contribution in [0.3, 0.4) is 0 Å². The van der Waals surface area contributed by atoms with Gasteiger partial charge in [0, 0.05) is 13.1 Å². The molecule has 0 spiro atoms. The molecule has 0 saturated carbocycles. The predicted molar refractivity (Wildman–Crippen MR) is 88.1 cm³/mol. The summed E-state index contributed by atoms with van der Waals surface area (Å²) in [6.45, 7) is 1.74. The number of carboxylic acids is 1. The summed E-state index contributed by atoms with van der Waals surface area (Å²) < 4.78 is 5.15. The van der Waals surface area contributed by atoms with Crippen LogP contribution in [0, 0.1) is 5.41 Å². The van der Waals surface area contributed by atoms with Crippen LogP contribution in [-0.4, -0.2) is 52.4 Å². The van der Waals surface area contributed by atoms with E-state index in [0.717, 1.165) is 10.5 Å². The second-order valence-electron chi connectivity index (χ2n) is 6.07. The van der Waals surface area contributed by atoms with E-state index in [1.54, 1.807) is 6.92 Å². The van der Waals surface area contributed by atoms with E-state index in [9.17, 15) is 19.5 Å². The number of nitrogens with zero attached hydrogens (tertiary/aromatic N) is 1. The Bertz CT molecular complexity index is 635. The van der Waals surface area contributed by atoms with E-state index in [4.69, 9.17) is 9.84 Å². The molecule has 2 amide bonds. The molecule has 1 aliphatic heterocycles. The van der Waals surface area contributed by atoms with E-state index in [1.165, 1.54) is 0 Å². The molecule has 136 valence electrons. The van der Waals surface area contributed by atoms with Gasteiger partial charge in [-0.05, 0) is 18.4 Å². The molecule has 1 aromatic carbocycles. The molecular weight excluding hydrogens is 328 g/mol. The van der Waals surface area contributed by atoms with Crippen LogP contribution < -0.4 is 5.32 Å². The molecule has 8 nitrogen and oxygen atoms in total. The lowest BCUT2D eigenvalue weighted by atomic mass is 9.73. The zero-order chi connectivity index (χ0) is 18.4. The number of benzene rings is 1. The number of rotatable bonds is 5. The highest BCUT2D eigenvalue weighted by Crippen LogP contribution is 2.34. The first kappa shape index (κ1) is 18.6. The van der Waals surface area contributed by atoms with Gasteiger partial charge in [0.15, 0.2) is 0 Å². The summed E-state index contributed by atoms with van der Waals surface area (Å²) in [5.74, 6) is -1.13. The van der Waals surface area contributed by atoms with Gasteiger partial charge >= 0.3 is 18.2 Å². The summed E-state index contributed by atoms with van der Waals surface area (Å²) in [6, 6.07) is 8.42. The molecule has 1 aliphatic rings. The lowest BCUT2D eigenvalue weighted by Crippen LogP contribution is -2.62. The molecule has 1 heterocycles. The second-order valence-corrected chi connectivity index (χ2v) is 6.07. The van der Waals surface area contributed by atoms with Gasteiger partial charge in [-0.1, -0.05) is 37.3 Å². The van der Waals surface area contributed by atoms with E-state index in [0.29, 0.717) is 0 Å². The van der Waals surface area contributed by atoms with E-state index in [1.807, 2.05) is 30.3 Å². The third-order valence-electron chi connectivity index (χ3n) is 4.66. The molecule has 0 unspecified atom stereocenters. The van der Waals surface area contributed by atoms with Gasteiger partial charge in [0.05, 0.1) is 6.04 Å². The fourth-order valence-electron chi connectivity index (χ4n) is 3.10. The van der Waals surface area contributed by atoms with Crippen LogP contribution in [0.25, 0.3) is 0 Å². The van der Waals surface area contributed by atoms with Crippen LogP contribution in [0.15, 0.2) is 30.3 Å². The summed E-state index contributed by atoms with van der Waals surface area (Å²) >= 11 is 0. The number of hydrogen-bond acceptors (Lipinski definition) is 4. The number of nitrogens with one attached hydrogen (secondary N) is 1. The minimum Gasteiger partial charge on any atom is -0.481 e. The molecule has 0 aliphatic carbocycles. The third kappa shape index (κ3) is 4.20. The quantitative estimate of drug-likeness (QED) is 0.749. The Morgan fingerprint density at radius 2 is 1.96 bits per heavy atom. The summed E-state index contributed by atoms with van der Waals surface area (Å²) in [6.07, 6.45) is -1.47. The summed E-state index contributed by atoms with van der Waals surface area (Å²) in [7, 11) is 0. The van der Waals surface area contributed by atoms with Crippen molar-refractivity contribution in [1.82, 2.24) is 10.2 Å². The van der Waals surface area contributed by atoms with Gasteiger partial charge in [0.2, 0.25) is 0 Å². The highest BCUT2D eigenvalue weighted by molar-refractivity contribution is 5.79. The van der Waals surface area contributed by atoms with Gasteiger partial charge in [-0.25, -0.2) is 9.59 Å². The average Bonchev–Trinajstić information content (AvgIpc) is 2.60. The van der Waals surface area contributed by atoms with Crippen LogP contribution in [0.4, 0.5) is 9.59 Å². The van der Waals surface area contributed by atoms with Crippen molar-refractivity contribution in [2.75, 3.05) is 13.1 Å². The second kappa shape index (κ2) is 7.87. The van der Waals surface area contributed by atoms with Gasteiger partial charge in [-0.3, -0.25) is 4.79 Å². The van der Waals surface area contributed by atoms with Gasteiger partial charge in [-0.15, -0.1) is 0 Å². The molecule has 1 fully saturated rings. The van der Waals surface area contributed by atoms with Crippen molar-refractivity contribution in [3.8, 4) is 0 Å². The molecule has 25 heavy (non-hydrogen) atoms. The van der Waals surface area contributed by atoms with Crippen molar-refractivity contribution in [2.24, 2.45) is 5.41 Å². The van der Waals surface area contributed by atoms with Crippen molar-refractivity contribution >= 4 is 18.2 Å². The van der Waals surface area contributed by atoms with E-state index >= 15 is 0 Å². The molecule has 8 heteroatoms. The summed E-state index contributed by atoms with van der Waals surface area (Å²) in [4.78, 5) is 36.2. The highest BCUT2D eigenvalue weighted by Gasteiger charge is 2.50. The van der Waals surface area contributed by atoms with Gasteiger partial charge < -0.3 is 25.2 Å². The summed E-state index contributed by atoms with van der Waals surface area (Å²) in [5.41, 5.74) is -0.555. The van der Waals surface area contributed by atoms with Crippen LogP contribution in [0.5, 0.6) is 0 Å². The third-order valence-corrected chi connectivity index (χ3v) is 4.66. The smallest absolute Gasteiger partial charge is 0.407 e. The standard InChI is InChI=1S/C17H22N2O6/c1-2-17(14(20)21)11-19(16(23)24)9-8-13(17)18-15(22)25-10-12-6-4-3-5-7-12/h3-7,13H,2,8-11H2,1H3,(H,18,22)(H,20,21)(H,23,24)/t13-,17+/m1/s1. The molecule has 1 saturated heterocycles. The number of carbonyl (C=O) groups is 3. The van der Waals surface area contributed by atoms with Crippen molar-refractivity contribution in [3.05, 3.63) is 35.9 Å². The number of hydrogen-bond donors (Lipinski definition) is 3. The number of piperidine rings is 1. The molecular formula is C17H22N2O6. The van der Waals surface area contributed by atoms with Crippen LogP contribution >= 0.6 is 0 Å². The fourth-order valence-corrected chi connectivity index (χ4v) is 3.10. The monoisotopic (exact) mass is 350 g/mol. The first-order valence-electron chi connectivity index (χ1n) is 8.07. The molecule has 0 aromatic heterocycles. The van der Waals surface area contributed by atoms with Crippen molar-refractivity contribution in [3.63, 3.8) is 0 Å². The Kier molecular flexibility index (Phi) is 5.84. The maximum atomic E-state index is 12.1. The zero-order valence-electron chi connectivity index (χ0n) is 14.0. The first-order chi connectivity index (χ1) is 11.9. The lowest BCUT2D eigenvalue weighted by Gasteiger charge is -2.44. The maximum absolute atomic E-state index is 12.1. The van der Waals surface area contributed by atoms with Crippen LogP contribution in [0.1, 0.15) is 25.3 Å². The Balaban J connectivity index is 2.04. The van der Waals surface area contributed by atoms with Crippen molar-refractivity contribution < 1.29 is 29.3 Å². The maximum Gasteiger partial charge on any atom is 0.407 e. The van der Waals surface area contributed by atoms with Gasteiger partial charge in [0.25, 0.3) is 0 Å². The Morgan fingerprint density at radius 3 is 2.52 bits per heavy atom. The average molecular weight is 350 g/mol. The number of carbonyl (C=O) groups excluding carboxylic acids is 1. The topological polar surface area (TPSA) is 116 Å².